The number of carbonyl (C=O) groups is 1. The lowest BCUT2D eigenvalue weighted by molar-refractivity contribution is -0.136. The molecule has 0 saturated carbocycles. The number of rotatable bonds is 6. The minimum absolute atomic E-state index is 0.0303. The molecular weight excluding hydrogens is 468 g/mol. The molecule has 4 rings (SSSR count). The molecular formula is C24H20F4N4O3. The number of halogens is 4. The molecule has 11 heteroatoms. The lowest BCUT2D eigenvalue weighted by Gasteiger charge is -2.15. The van der Waals surface area contributed by atoms with Gasteiger partial charge < -0.3 is 10.1 Å². The zero-order chi connectivity index (χ0) is 25.3. The molecule has 2 aromatic heterocycles. The highest BCUT2D eigenvalue weighted by atomic mass is 19.4. The highest BCUT2D eigenvalue weighted by molar-refractivity contribution is 5.92. The maximum Gasteiger partial charge on any atom is 0.417 e. The SMILES string of the molecule is CCOc1ccc(NC(=O)Cn2c(=O)cc(C(F)(F)F)c3c(C)nn(-c4cccc(F)c4)c32)cc1. The molecule has 2 aromatic carbocycles. The number of hydrogen-bond donors (Lipinski definition) is 1. The monoisotopic (exact) mass is 488 g/mol. The maximum atomic E-state index is 13.9. The van der Waals surface area contributed by atoms with Gasteiger partial charge in [0.1, 0.15) is 23.8 Å². The van der Waals surface area contributed by atoms with Crippen LogP contribution in [0.4, 0.5) is 23.2 Å². The number of alkyl halides is 3. The van der Waals surface area contributed by atoms with E-state index in [0.29, 0.717) is 24.1 Å². The van der Waals surface area contributed by atoms with Gasteiger partial charge in [0.2, 0.25) is 5.91 Å². The topological polar surface area (TPSA) is 78.2 Å². The Hall–Kier alpha value is -4.15. The van der Waals surface area contributed by atoms with Crippen molar-refractivity contribution in [1.29, 1.82) is 0 Å². The van der Waals surface area contributed by atoms with E-state index in [0.717, 1.165) is 15.3 Å². The number of aryl methyl sites for hydroxylation is 1. The molecule has 0 aliphatic rings. The zero-order valence-corrected chi connectivity index (χ0v) is 18.7. The van der Waals surface area contributed by atoms with E-state index >= 15 is 0 Å². The smallest absolute Gasteiger partial charge is 0.417 e. The first-order valence-electron chi connectivity index (χ1n) is 10.6. The zero-order valence-electron chi connectivity index (χ0n) is 18.7. The van der Waals surface area contributed by atoms with Crippen LogP contribution in [-0.4, -0.2) is 26.9 Å². The van der Waals surface area contributed by atoms with Crippen molar-refractivity contribution in [3.05, 3.63) is 82.0 Å². The molecule has 7 nitrogen and oxygen atoms in total. The normalized spacial score (nSPS) is 11.6. The van der Waals surface area contributed by atoms with E-state index in [9.17, 15) is 27.2 Å². The fourth-order valence-electron chi connectivity index (χ4n) is 3.77. The van der Waals surface area contributed by atoms with Crippen LogP contribution in [0.5, 0.6) is 5.75 Å². The highest BCUT2D eigenvalue weighted by Crippen LogP contribution is 2.36. The Balaban J connectivity index is 1.81. The first kappa shape index (κ1) is 24.0. The molecule has 0 radical (unpaired) electrons. The van der Waals surface area contributed by atoms with Crippen molar-refractivity contribution in [1.82, 2.24) is 14.3 Å². The Labute approximate surface area is 196 Å². The number of pyridine rings is 1. The van der Waals surface area contributed by atoms with Gasteiger partial charge in [-0.15, -0.1) is 0 Å². The van der Waals surface area contributed by atoms with Gasteiger partial charge in [-0.25, -0.2) is 9.07 Å². The van der Waals surface area contributed by atoms with Gasteiger partial charge in [-0.2, -0.15) is 18.3 Å². The molecule has 35 heavy (non-hydrogen) atoms. The van der Waals surface area contributed by atoms with Crippen molar-refractivity contribution >= 4 is 22.6 Å². The molecule has 0 unspecified atom stereocenters. The van der Waals surface area contributed by atoms with Crippen LogP contribution in [0.3, 0.4) is 0 Å². The molecule has 182 valence electrons. The average Bonchev–Trinajstić information content (AvgIpc) is 3.13. The number of nitrogens with zero attached hydrogens (tertiary/aromatic N) is 3. The van der Waals surface area contributed by atoms with Gasteiger partial charge >= 0.3 is 6.18 Å². The number of carbonyl (C=O) groups excluding carboxylic acids is 1. The molecule has 0 atom stereocenters. The summed E-state index contributed by atoms with van der Waals surface area (Å²) in [4.78, 5) is 25.6. The Morgan fingerprint density at radius 3 is 2.46 bits per heavy atom. The number of aromatic nitrogens is 3. The molecule has 1 N–H and O–H groups in total. The molecule has 0 bridgehead atoms. The summed E-state index contributed by atoms with van der Waals surface area (Å²) < 4.78 is 62.5. The fourth-order valence-corrected chi connectivity index (χ4v) is 3.77. The van der Waals surface area contributed by atoms with E-state index in [4.69, 9.17) is 4.74 Å². The minimum atomic E-state index is -4.85. The molecule has 4 aromatic rings. The van der Waals surface area contributed by atoms with Crippen LogP contribution >= 0.6 is 0 Å². The molecule has 0 spiro atoms. The third kappa shape index (κ3) is 4.88. The van der Waals surface area contributed by atoms with E-state index in [1.807, 2.05) is 6.92 Å². The van der Waals surface area contributed by atoms with Gasteiger partial charge in [-0.3, -0.25) is 14.2 Å². The average molecular weight is 488 g/mol. The third-order valence-corrected chi connectivity index (χ3v) is 5.20. The van der Waals surface area contributed by atoms with E-state index in [1.165, 1.54) is 25.1 Å². The fraction of sp³-hybridized carbons (Fsp3) is 0.208. The van der Waals surface area contributed by atoms with Gasteiger partial charge in [0.25, 0.3) is 5.56 Å². The van der Waals surface area contributed by atoms with Crippen molar-refractivity contribution in [2.45, 2.75) is 26.6 Å². The number of benzene rings is 2. The molecule has 0 fully saturated rings. The lowest BCUT2D eigenvalue weighted by Crippen LogP contribution is -2.30. The largest absolute Gasteiger partial charge is 0.494 e. The summed E-state index contributed by atoms with van der Waals surface area (Å²) in [6.07, 6.45) is -4.85. The quantitative estimate of drug-likeness (QED) is 0.400. The van der Waals surface area contributed by atoms with Crippen LogP contribution in [0.25, 0.3) is 16.7 Å². The predicted molar refractivity (Wildman–Crippen MR) is 121 cm³/mol. The summed E-state index contributed by atoms with van der Waals surface area (Å²) >= 11 is 0. The summed E-state index contributed by atoms with van der Waals surface area (Å²) in [5.41, 5.74) is -2.02. The predicted octanol–water partition coefficient (Wildman–Crippen LogP) is 4.69. The second kappa shape index (κ2) is 9.24. The van der Waals surface area contributed by atoms with Crippen LogP contribution in [0.15, 0.2) is 59.4 Å². The maximum absolute atomic E-state index is 13.9. The van der Waals surface area contributed by atoms with Gasteiger partial charge in [-0.05, 0) is 56.3 Å². The molecule has 0 aliphatic carbocycles. The number of nitrogens with one attached hydrogen (secondary N) is 1. The summed E-state index contributed by atoms with van der Waals surface area (Å²) in [7, 11) is 0. The first-order valence-corrected chi connectivity index (χ1v) is 10.6. The van der Waals surface area contributed by atoms with Crippen LogP contribution < -0.4 is 15.6 Å². The number of hydrogen-bond acceptors (Lipinski definition) is 4. The number of fused-ring (bicyclic) bond motifs is 1. The molecule has 2 heterocycles. The van der Waals surface area contributed by atoms with Crippen molar-refractivity contribution in [3.8, 4) is 11.4 Å². The number of anilines is 1. The second-order valence-corrected chi connectivity index (χ2v) is 7.66. The standard InChI is InChI=1S/C24H20F4N4O3/c1-3-35-18-9-7-16(8-10-18)29-20(33)13-31-21(34)12-19(24(26,27)28)22-14(2)30-32(23(22)31)17-6-4-5-15(25)11-17/h4-12H,3,13H2,1-2H3,(H,29,33). The summed E-state index contributed by atoms with van der Waals surface area (Å²) in [6, 6.07) is 11.9. The van der Waals surface area contributed by atoms with E-state index in [1.54, 1.807) is 24.3 Å². The molecule has 0 aliphatic heterocycles. The van der Waals surface area contributed by atoms with Crippen LogP contribution in [0.2, 0.25) is 0 Å². The van der Waals surface area contributed by atoms with Gasteiger partial charge in [0, 0.05) is 11.8 Å². The summed E-state index contributed by atoms with van der Waals surface area (Å²) in [6.45, 7) is 3.05. The van der Waals surface area contributed by atoms with Crippen molar-refractivity contribution in [2.24, 2.45) is 0 Å². The Morgan fingerprint density at radius 1 is 1.11 bits per heavy atom. The Bertz CT molecular complexity index is 1460. The van der Waals surface area contributed by atoms with Crippen molar-refractivity contribution in [3.63, 3.8) is 0 Å². The molecule has 0 saturated heterocycles. The summed E-state index contributed by atoms with van der Waals surface area (Å²) in [5.74, 6) is -0.694. The third-order valence-electron chi connectivity index (χ3n) is 5.20. The summed E-state index contributed by atoms with van der Waals surface area (Å²) in [5, 5.41) is 6.39. The minimum Gasteiger partial charge on any atom is -0.494 e. The first-order chi connectivity index (χ1) is 16.6. The second-order valence-electron chi connectivity index (χ2n) is 7.66. The lowest BCUT2D eigenvalue weighted by atomic mass is 10.1. The number of ether oxygens (including phenoxy) is 1. The van der Waals surface area contributed by atoms with Gasteiger partial charge in [-0.1, -0.05) is 6.07 Å². The van der Waals surface area contributed by atoms with E-state index < -0.39 is 35.6 Å². The van der Waals surface area contributed by atoms with Crippen LogP contribution in [-0.2, 0) is 17.5 Å². The Morgan fingerprint density at radius 2 is 1.83 bits per heavy atom. The van der Waals surface area contributed by atoms with Crippen molar-refractivity contribution < 1.29 is 27.1 Å². The van der Waals surface area contributed by atoms with E-state index in [-0.39, 0.29) is 22.4 Å². The van der Waals surface area contributed by atoms with Crippen LogP contribution in [0.1, 0.15) is 18.2 Å². The molecule has 1 amide bonds. The van der Waals surface area contributed by atoms with Gasteiger partial charge in [0.05, 0.1) is 28.9 Å². The number of amides is 1. The van der Waals surface area contributed by atoms with E-state index in [2.05, 4.69) is 10.4 Å². The van der Waals surface area contributed by atoms with Gasteiger partial charge in [0.15, 0.2) is 0 Å². The van der Waals surface area contributed by atoms with Crippen molar-refractivity contribution in [2.75, 3.05) is 11.9 Å². The van der Waals surface area contributed by atoms with Crippen LogP contribution in [0, 0.1) is 12.7 Å². The Kier molecular flexibility index (Phi) is 6.33. The highest BCUT2D eigenvalue weighted by Gasteiger charge is 2.36.